The molecule has 5 N–H and O–H groups in total. The van der Waals surface area contributed by atoms with Gasteiger partial charge in [-0.3, -0.25) is 0 Å². The molecule has 0 saturated heterocycles. The zero-order valence-electron chi connectivity index (χ0n) is 10.9. The molecule has 2 aromatic heterocycles. The van der Waals surface area contributed by atoms with Gasteiger partial charge in [-0.1, -0.05) is 13.8 Å². The number of nitrogens with one attached hydrogen (secondary N) is 1. The first-order valence-electron chi connectivity index (χ1n) is 6.07. The van der Waals surface area contributed by atoms with Crippen LogP contribution in [0.2, 0.25) is 0 Å². The van der Waals surface area contributed by atoms with E-state index in [4.69, 9.17) is 10.8 Å². The van der Waals surface area contributed by atoms with E-state index < -0.39 is 6.10 Å². The van der Waals surface area contributed by atoms with Crippen molar-refractivity contribution in [2.45, 2.75) is 25.9 Å². The van der Waals surface area contributed by atoms with Crippen LogP contribution in [-0.2, 0) is 0 Å². The van der Waals surface area contributed by atoms with Crippen molar-refractivity contribution in [3.05, 3.63) is 11.8 Å². The number of nitrogen functional groups attached to an aromatic ring is 1. The number of fused-ring (bicyclic) bond motifs is 1. The minimum atomic E-state index is -0.865. The van der Waals surface area contributed by atoms with Crippen molar-refractivity contribution in [2.75, 3.05) is 24.2 Å². The fraction of sp³-hybridized carbons (Fsp3) is 0.545. The normalized spacial score (nSPS) is 13.1. The second kappa shape index (κ2) is 5.37. The Morgan fingerprint density at radius 2 is 2.16 bits per heavy atom. The van der Waals surface area contributed by atoms with Gasteiger partial charge in [0.25, 0.3) is 0 Å². The van der Waals surface area contributed by atoms with Crippen LogP contribution in [0.4, 0.5) is 11.9 Å². The van der Waals surface area contributed by atoms with Gasteiger partial charge >= 0.3 is 0 Å². The third-order valence-corrected chi connectivity index (χ3v) is 2.75. The van der Waals surface area contributed by atoms with Crippen molar-refractivity contribution in [2.24, 2.45) is 0 Å². The van der Waals surface area contributed by atoms with Crippen LogP contribution < -0.4 is 11.1 Å². The fourth-order valence-corrected chi connectivity index (χ4v) is 1.68. The number of aromatic nitrogens is 4. The molecule has 8 nitrogen and oxygen atoms in total. The zero-order chi connectivity index (χ0) is 14.0. The summed E-state index contributed by atoms with van der Waals surface area (Å²) in [6.45, 7) is 3.90. The topological polar surface area (TPSA) is 122 Å². The third-order valence-electron chi connectivity index (χ3n) is 2.75. The monoisotopic (exact) mass is 266 g/mol. The Kier molecular flexibility index (Phi) is 3.82. The Balaban J connectivity index is 2.33. The maximum atomic E-state index is 9.29. The molecule has 0 saturated carbocycles. The Labute approximate surface area is 110 Å². The highest BCUT2D eigenvalue weighted by molar-refractivity contribution is 5.54. The number of aliphatic hydroxyl groups is 2. The van der Waals surface area contributed by atoms with Gasteiger partial charge in [0, 0.05) is 12.1 Å². The third kappa shape index (κ3) is 2.74. The molecule has 2 heterocycles. The quantitative estimate of drug-likeness (QED) is 0.580. The Bertz CT molecular complexity index is 568. The molecule has 0 spiro atoms. The molecule has 0 aliphatic rings. The van der Waals surface area contributed by atoms with E-state index in [1.54, 1.807) is 6.20 Å². The summed E-state index contributed by atoms with van der Waals surface area (Å²) < 4.78 is 1.48. The van der Waals surface area contributed by atoms with Gasteiger partial charge in [-0.05, 0) is 5.92 Å². The van der Waals surface area contributed by atoms with Gasteiger partial charge in [-0.15, -0.1) is 0 Å². The van der Waals surface area contributed by atoms with Gasteiger partial charge in [-0.2, -0.15) is 19.6 Å². The standard InChI is InChI=1S/C11H18N6O2/c1-6(2)8-4-14-17-9(8)15-11(16-10(17)12)13-3-7(19)5-18/h4,6-7,18-19H,3,5H2,1-2H3,(H3,12,13,15,16)/t7-/m1/s1. The molecule has 0 aromatic carbocycles. The molecule has 8 heteroatoms. The van der Waals surface area contributed by atoms with E-state index in [0.717, 1.165) is 5.56 Å². The van der Waals surface area contributed by atoms with Gasteiger partial charge in [0.15, 0.2) is 5.65 Å². The molecule has 0 unspecified atom stereocenters. The van der Waals surface area contributed by atoms with Crippen LogP contribution in [0.3, 0.4) is 0 Å². The van der Waals surface area contributed by atoms with E-state index in [-0.39, 0.29) is 25.0 Å². The van der Waals surface area contributed by atoms with E-state index in [1.165, 1.54) is 4.52 Å². The second-order valence-corrected chi connectivity index (χ2v) is 4.61. The van der Waals surface area contributed by atoms with Gasteiger partial charge in [0.05, 0.1) is 18.9 Å². The smallest absolute Gasteiger partial charge is 0.228 e. The summed E-state index contributed by atoms with van der Waals surface area (Å²) >= 11 is 0. The van der Waals surface area contributed by atoms with Crippen LogP contribution in [-0.4, -0.2) is 49.1 Å². The average Bonchev–Trinajstić information content (AvgIpc) is 2.80. The predicted octanol–water partition coefficient (Wildman–Crippen LogP) is -0.405. The summed E-state index contributed by atoms with van der Waals surface area (Å²) in [6.07, 6.45) is 0.854. The molecule has 104 valence electrons. The van der Waals surface area contributed by atoms with Crippen LogP contribution in [0.5, 0.6) is 0 Å². The lowest BCUT2D eigenvalue weighted by Crippen LogP contribution is -2.24. The number of anilines is 2. The van der Waals surface area contributed by atoms with Crippen LogP contribution in [0.15, 0.2) is 6.20 Å². The highest BCUT2D eigenvalue weighted by Gasteiger charge is 2.13. The van der Waals surface area contributed by atoms with Gasteiger partial charge in [0.1, 0.15) is 0 Å². The van der Waals surface area contributed by atoms with E-state index in [1.807, 2.05) is 13.8 Å². The van der Waals surface area contributed by atoms with E-state index >= 15 is 0 Å². The van der Waals surface area contributed by atoms with E-state index in [0.29, 0.717) is 11.6 Å². The number of nitrogens with two attached hydrogens (primary N) is 1. The maximum Gasteiger partial charge on any atom is 0.228 e. The van der Waals surface area contributed by atoms with Crippen LogP contribution >= 0.6 is 0 Å². The lowest BCUT2D eigenvalue weighted by atomic mass is 10.1. The second-order valence-electron chi connectivity index (χ2n) is 4.61. The minimum absolute atomic E-state index is 0.150. The van der Waals surface area contributed by atoms with Crippen molar-refractivity contribution in [1.29, 1.82) is 0 Å². The Morgan fingerprint density at radius 3 is 2.79 bits per heavy atom. The molecule has 0 radical (unpaired) electrons. The number of hydrogen-bond acceptors (Lipinski definition) is 7. The predicted molar refractivity (Wildman–Crippen MR) is 70.9 cm³/mol. The lowest BCUT2D eigenvalue weighted by Gasteiger charge is -2.10. The zero-order valence-corrected chi connectivity index (χ0v) is 10.9. The molecular formula is C11H18N6O2. The first-order valence-corrected chi connectivity index (χ1v) is 6.07. The molecule has 0 amide bonds. The molecule has 19 heavy (non-hydrogen) atoms. The maximum absolute atomic E-state index is 9.29. The van der Waals surface area contributed by atoms with Crippen molar-refractivity contribution in [3.63, 3.8) is 0 Å². The average molecular weight is 266 g/mol. The molecule has 2 rings (SSSR count). The minimum Gasteiger partial charge on any atom is -0.394 e. The SMILES string of the molecule is CC(C)c1cnn2c(N)nc(NC[C@@H](O)CO)nc12. The Hall–Kier alpha value is -1.93. The van der Waals surface area contributed by atoms with Crippen molar-refractivity contribution >= 4 is 17.5 Å². The van der Waals surface area contributed by atoms with Crippen molar-refractivity contribution < 1.29 is 10.2 Å². The first kappa shape index (κ1) is 13.5. The number of rotatable bonds is 5. The molecular weight excluding hydrogens is 248 g/mol. The van der Waals surface area contributed by atoms with Gasteiger partial charge in [-0.25, -0.2) is 0 Å². The Morgan fingerprint density at radius 1 is 1.42 bits per heavy atom. The van der Waals surface area contributed by atoms with Gasteiger partial charge in [0.2, 0.25) is 11.9 Å². The summed E-state index contributed by atoms with van der Waals surface area (Å²) in [6, 6.07) is 0. The summed E-state index contributed by atoms with van der Waals surface area (Å²) in [5.41, 5.74) is 7.42. The number of hydrogen-bond donors (Lipinski definition) is 4. The first-order chi connectivity index (χ1) is 9.02. The van der Waals surface area contributed by atoms with Gasteiger partial charge < -0.3 is 21.3 Å². The molecule has 0 bridgehead atoms. The summed E-state index contributed by atoms with van der Waals surface area (Å²) in [5.74, 6) is 0.792. The summed E-state index contributed by atoms with van der Waals surface area (Å²) in [5, 5.41) is 25.0. The van der Waals surface area contributed by atoms with E-state index in [2.05, 4.69) is 20.4 Å². The number of nitrogens with zero attached hydrogens (tertiary/aromatic N) is 4. The molecule has 1 atom stereocenters. The molecule has 0 aliphatic carbocycles. The molecule has 0 aliphatic heterocycles. The molecule has 2 aromatic rings. The summed E-state index contributed by atoms with van der Waals surface area (Å²) in [4.78, 5) is 8.37. The van der Waals surface area contributed by atoms with Crippen LogP contribution in [0, 0.1) is 0 Å². The largest absolute Gasteiger partial charge is 0.394 e. The summed E-state index contributed by atoms with van der Waals surface area (Å²) in [7, 11) is 0. The van der Waals surface area contributed by atoms with Crippen LogP contribution in [0.25, 0.3) is 5.65 Å². The highest BCUT2D eigenvalue weighted by atomic mass is 16.3. The molecule has 0 fully saturated rings. The van der Waals surface area contributed by atoms with Crippen LogP contribution in [0.1, 0.15) is 25.3 Å². The lowest BCUT2D eigenvalue weighted by molar-refractivity contribution is 0.105. The highest BCUT2D eigenvalue weighted by Crippen LogP contribution is 2.20. The van der Waals surface area contributed by atoms with Crippen molar-refractivity contribution in [1.82, 2.24) is 19.6 Å². The van der Waals surface area contributed by atoms with E-state index in [9.17, 15) is 5.11 Å². The number of aliphatic hydroxyl groups excluding tert-OH is 2. The fourth-order valence-electron chi connectivity index (χ4n) is 1.68. The van der Waals surface area contributed by atoms with Crippen molar-refractivity contribution in [3.8, 4) is 0 Å².